The molecule has 3 fully saturated rings. The fraction of sp³-hybridized carbons (Fsp3) is 0.926. The third-order valence-electron chi connectivity index (χ3n) is 10.3. The second kappa shape index (κ2) is 7.75. The van der Waals surface area contributed by atoms with E-state index in [2.05, 4.69) is 40.7 Å². The number of fused-ring (bicyclic) bond motifs is 5. The van der Waals surface area contributed by atoms with Gasteiger partial charge in [-0.2, -0.15) is 0 Å². The minimum absolute atomic E-state index is 0.0766. The van der Waals surface area contributed by atoms with Crippen LogP contribution in [0.5, 0.6) is 0 Å². The maximum absolute atomic E-state index is 10.2. The van der Waals surface area contributed by atoms with Crippen LogP contribution >= 0.6 is 0 Å². The summed E-state index contributed by atoms with van der Waals surface area (Å²) in [5.41, 5.74) is 2.60. The van der Waals surface area contributed by atoms with Crippen molar-refractivity contribution in [3.8, 4) is 0 Å². The number of allylic oxidation sites excluding steroid dienone is 1. The fourth-order valence-electron chi connectivity index (χ4n) is 8.67. The molecule has 0 aromatic carbocycles. The molecule has 0 amide bonds. The molecule has 0 saturated heterocycles. The lowest BCUT2D eigenvalue weighted by Gasteiger charge is -2.58. The molecule has 0 aromatic rings. The predicted octanol–water partition coefficient (Wildman–Crippen LogP) is 7.39. The minimum atomic E-state index is -0.0766. The van der Waals surface area contributed by atoms with Crippen LogP contribution in [0, 0.1) is 46.3 Å². The van der Waals surface area contributed by atoms with Crippen molar-refractivity contribution in [3.05, 3.63) is 11.6 Å². The Bertz CT molecular complexity index is 591. The third kappa shape index (κ3) is 3.42. The van der Waals surface area contributed by atoms with Gasteiger partial charge in [-0.25, -0.2) is 0 Å². The van der Waals surface area contributed by atoms with E-state index in [1.54, 1.807) is 5.57 Å². The van der Waals surface area contributed by atoms with Crippen LogP contribution in [-0.4, -0.2) is 11.2 Å². The molecule has 28 heavy (non-hydrogen) atoms. The van der Waals surface area contributed by atoms with Crippen LogP contribution in [0.2, 0.25) is 0 Å². The molecular weight excluding hydrogens is 340 g/mol. The highest BCUT2D eigenvalue weighted by Gasteiger charge is 2.59. The molecule has 0 heterocycles. The standard InChI is InChI=1S/C27H46O/c1-18(2)7-6-8-19(3)23-11-12-24-22-10-9-20-17-21(28)13-15-26(20,4)25(22)14-16-27(23,24)5/h9,18-19,21-25,28H,6-8,10-17H2,1-5H3/t19?,21-,22-,23+,24?,25?,26-,27+/m0/s1. The number of hydrogen-bond donors (Lipinski definition) is 1. The average molecular weight is 387 g/mol. The third-order valence-corrected chi connectivity index (χ3v) is 10.3. The van der Waals surface area contributed by atoms with Crippen molar-refractivity contribution < 1.29 is 5.11 Å². The van der Waals surface area contributed by atoms with Gasteiger partial charge in [0.1, 0.15) is 0 Å². The van der Waals surface area contributed by atoms with Gasteiger partial charge in [0.2, 0.25) is 0 Å². The van der Waals surface area contributed by atoms with Crippen LogP contribution in [-0.2, 0) is 0 Å². The summed E-state index contributed by atoms with van der Waals surface area (Å²) >= 11 is 0. The van der Waals surface area contributed by atoms with Gasteiger partial charge in [-0.3, -0.25) is 0 Å². The zero-order valence-corrected chi connectivity index (χ0v) is 19.3. The predicted molar refractivity (Wildman–Crippen MR) is 119 cm³/mol. The van der Waals surface area contributed by atoms with E-state index in [0.717, 1.165) is 48.3 Å². The second-order valence-electron chi connectivity index (χ2n) is 12.2. The van der Waals surface area contributed by atoms with Crippen LogP contribution in [0.1, 0.15) is 105 Å². The topological polar surface area (TPSA) is 20.2 Å². The average Bonchev–Trinajstić information content (AvgIpc) is 2.99. The van der Waals surface area contributed by atoms with Crippen molar-refractivity contribution in [1.29, 1.82) is 0 Å². The first-order valence-electron chi connectivity index (χ1n) is 12.6. The van der Waals surface area contributed by atoms with Crippen LogP contribution in [0.4, 0.5) is 0 Å². The molecule has 0 aromatic heterocycles. The maximum atomic E-state index is 10.2. The van der Waals surface area contributed by atoms with E-state index in [9.17, 15) is 5.11 Å². The van der Waals surface area contributed by atoms with E-state index in [4.69, 9.17) is 0 Å². The summed E-state index contributed by atoms with van der Waals surface area (Å²) in [5.74, 6) is 5.46. The Balaban J connectivity index is 1.49. The van der Waals surface area contributed by atoms with Gasteiger partial charge in [0, 0.05) is 0 Å². The first-order valence-corrected chi connectivity index (χ1v) is 12.6. The molecule has 1 nitrogen and oxygen atoms in total. The Hall–Kier alpha value is -0.300. The molecule has 8 atom stereocenters. The highest BCUT2D eigenvalue weighted by molar-refractivity contribution is 5.25. The number of hydrogen-bond acceptors (Lipinski definition) is 1. The smallest absolute Gasteiger partial charge is 0.0577 e. The van der Waals surface area contributed by atoms with Gasteiger partial charge in [-0.15, -0.1) is 0 Å². The highest BCUT2D eigenvalue weighted by Crippen LogP contribution is 2.67. The zero-order chi connectivity index (χ0) is 20.1. The molecular formula is C27H46O. The number of aliphatic hydroxyl groups excluding tert-OH is 1. The molecule has 0 spiro atoms. The van der Waals surface area contributed by atoms with E-state index >= 15 is 0 Å². The fourth-order valence-corrected chi connectivity index (χ4v) is 8.67. The Morgan fingerprint density at radius 2 is 1.79 bits per heavy atom. The maximum Gasteiger partial charge on any atom is 0.0577 e. The molecule has 0 bridgehead atoms. The van der Waals surface area contributed by atoms with Crippen molar-refractivity contribution in [1.82, 2.24) is 0 Å². The number of rotatable bonds is 5. The van der Waals surface area contributed by atoms with Gasteiger partial charge in [-0.05, 0) is 97.7 Å². The molecule has 1 heteroatoms. The summed E-state index contributed by atoms with van der Waals surface area (Å²) < 4.78 is 0. The van der Waals surface area contributed by atoms with Gasteiger partial charge >= 0.3 is 0 Å². The molecule has 160 valence electrons. The van der Waals surface area contributed by atoms with E-state index < -0.39 is 0 Å². The summed E-state index contributed by atoms with van der Waals surface area (Å²) in [6, 6.07) is 0. The van der Waals surface area contributed by atoms with Crippen molar-refractivity contribution in [2.24, 2.45) is 46.3 Å². The monoisotopic (exact) mass is 386 g/mol. The molecule has 0 aliphatic heterocycles. The molecule has 3 saturated carbocycles. The molecule has 1 N–H and O–H groups in total. The normalized spacial score (nSPS) is 46.5. The Labute approximate surface area is 174 Å². The lowest BCUT2D eigenvalue weighted by Crippen LogP contribution is -2.50. The summed E-state index contributed by atoms with van der Waals surface area (Å²) in [6.07, 6.45) is 17.2. The summed E-state index contributed by atoms with van der Waals surface area (Å²) in [6.45, 7) is 12.6. The largest absolute Gasteiger partial charge is 0.393 e. The van der Waals surface area contributed by atoms with Crippen LogP contribution in [0.15, 0.2) is 11.6 Å². The Kier molecular flexibility index (Phi) is 5.80. The molecule has 4 rings (SSSR count). The van der Waals surface area contributed by atoms with Crippen LogP contribution < -0.4 is 0 Å². The van der Waals surface area contributed by atoms with E-state index in [1.165, 1.54) is 57.8 Å². The highest BCUT2D eigenvalue weighted by atomic mass is 16.3. The van der Waals surface area contributed by atoms with Crippen molar-refractivity contribution in [2.75, 3.05) is 0 Å². The molecule has 0 radical (unpaired) electrons. The Morgan fingerprint density at radius 1 is 1.00 bits per heavy atom. The number of aliphatic hydroxyl groups is 1. The van der Waals surface area contributed by atoms with Gasteiger partial charge in [0.25, 0.3) is 0 Å². The molecule has 4 aliphatic carbocycles. The summed E-state index contributed by atoms with van der Waals surface area (Å²) in [5, 5.41) is 10.2. The first-order chi connectivity index (χ1) is 13.3. The summed E-state index contributed by atoms with van der Waals surface area (Å²) in [7, 11) is 0. The minimum Gasteiger partial charge on any atom is -0.393 e. The quantitative estimate of drug-likeness (QED) is 0.488. The summed E-state index contributed by atoms with van der Waals surface area (Å²) in [4.78, 5) is 0. The van der Waals surface area contributed by atoms with Gasteiger partial charge in [-0.1, -0.05) is 65.5 Å². The first kappa shape index (κ1) is 21.0. The van der Waals surface area contributed by atoms with E-state index in [-0.39, 0.29) is 6.10 Å². The van der Waals surface area contributed by atoms with Crippen LogP contribution in [0.25, 0.3) is 0 Å². The van der Waals surface area contributed by atoms with Crippen molar-refractivity contribution in [3.63, 3.8) is 0 Å². The van der Waals surface area contributed by atoms with Crippen molar-refractivity contribution >= 4 is 0 Å². The lowest BCUT2D eigenvalue weighted by molar-refractivity contribution is -0.0573. The lowest BCUT2D eigenvalue weighted by atomic mass is 9.47. The van der Waals surface area contributed by atoms with Gasteiger partial charge < -0.3 is 5.11 Å². The SMILES string of the molecule is CC(C)CCCC(C)[C@H]1CCC2[C@@H]3CC=C4C[C@@H](O)CC[C@]4(C)C3CC[C@@]21C. The van der Waals surface area contributed by atoms with Gasteiger partial charge in [0.05, 0.1) is 6.10 Å². The van der Waals surface area contributed by atoms with E-state index in [1.807, 2.05) is 0 Å². The molecule has 4 aliphatic rings. The van der Waals surface area contributed by atoms with E-state index in [0.29, 0.717) is 10.8 Å². The van der Waals surface area contributed by atoms with Gasteiger partial charge in [0.15, 0.2) is 0 Å². The van der Waals surface area contributed by atoms with Crippen molar-refractivity contribution in [2.45, 2.75) is 111 Å². The Morgan fingerprint density at radius 3 is 2.54 bits per heavy atom. The molecule has 3 unspecified atom stereocenters. The van der Waals surface area contributed by atoms with Crippen LogP contribution in [0.3, 0.4) is 0 Å². The zero-order valence-electron chi connectivity index (χ0n) is 19.3. The second-order valence-corrected chi connectivity index (χ2v) is 12.2.